The van der Waals surface area contributed by atoms with Crippen LogP contribution in [0.1, 0.15) is 33.6 Å². The average Bonchev–Trinajstić information content (AvgIpc) is 2.15. The van der Waals surface area contributed by atoms with Crippen molar-refractivity contribution in [1.82, 2.24) is 4.90 Å². The molecule has 0 rings (SSSR count). The number of hydrogen-bond acceptors (Lipinski definition) is 2. The van der Waals surface area contributed by atoms with E-state index in [0.29, 0.717) is 24.8 Å². The molecule has 0 aliphatic carbocycles. The molecule has 0 spiro atoms. The third-order valence-electron chi connectivity index (χ3n) is 1.78. The number of halogens is 2. The first-order valence-electron chi connectivity index (χ1n) is 5.50. The lowest BCUT2D eigenvalue weighted by molar-refractivity contribution is 0.0251. The van der Waals surface area contributed by atoms with Gasteiger partial charge in [-0.1, -0.05) is 0 Å². The molecule has 0 radical (unpaired) electrons. The van der Waals surface area contributed by atoms with Crippen molar-refractivity contribution in [3.05, 3.63) is 0 Å². The summed E-state index contributed by atoms with van der Waals surface area (Å²) < 4.78 is 5.29. The van der Waals surface area contributed by atoms with E-state index in [9.17, 15) is 4.79 Å². The van der Waals surface area contributed by atoms with Gasteiger partial charge in [0.2, 0.25) is 0 Å². The van der Waals surface area contributed by atoms with Gasteiger partial charge in [0.15, 0.2) is 0 Å². The van der Waals surface area contributed by atoms with Crippen LogP contribution in [0.4, 0.5) is 4.79 Å². The minimum Gasteiger partial charge on any atom is -0.444 e. The van der Waals surface area contributed by atoms with E-state index in [1.807, 2.05) is 20.8 Å². The van der Waals surface area contributed by atoms with Gasteiger partial charge in [0, 0.05) is 24.8 Å². The van der Waals surface area contributed by atoms with Crippen molar-refractivity contribution < 1.29 is 9.53 Å². The predicted molar refractivity (Wildman–Crippen MR) is 68.5 cm³/mol. The Bertz CT molecular complexity index is 197. The van der Waals surface area contributed by atoms with E-state index in [-0.39, 0.29) is 6.09 Å². The molecule has 0 aromatic rings. The number of carbonyl (C=O) groups excluding carboxylic acids is 1. The second-order valence-electron chi connectivity index (χ2n) is 4.55. The highest BCUT2D eigenvalue weighted by Crippen LogP contribution is 2.10. The van der Waals surface area contributed by atoms with E-state index < -0.39 is 5.60 Å². The highest BCUT2D eigenvalue weighted by Gasteiger charge is 2.21. The number of rotatable bonds is 6. The fraction of sp³-hybridized carbons (Fsp3) is 0.909. The molecular formula is C11H21Cl2NO2. The summed E-state index contributed by atoms with van der Waals surface area (Å²) in [5, 5.41) is 0. The van der Waals surface area contributed by atoms with Crippen LogP contribution in [0.25, 0.3) is 0 Å². The molecule has 0 atom stereocenters. The molecule has 0 aromatic carbocycles. The zero-order chi connectivity index (χ0) is 12.6. The van der Waals surface area contributed by atoms with Gasteiger partial charge < -0.3 is 9.64 Å². The van der Waals surface area contributed by atoms with Crippen molar-refractivity contribution in [2.75, 3.05) is 24.8 Å². The summed E-state index contributed by atoms with van der Waals surface area (Å²) in [6.07, 6.45) is 1.24. The van der Waals surface area contributed by atoms with Crippen molar-refractivity contribution >= 4 is 29.3 Å². The molecule has 0 saturated carbocycles. The van der Waals surface area contributed by atoms with Crippen LogP contribution in [0, 0.1) is 0 Å². The molecule has 0 aliphatic heterocycles. The fourth-order valence-corrected chi connectivity index (χ4v) is 1.36. The Balaban J connectivity index is 4.19. The van der Waals surface area contributed by atoms with Crippen molar-refractivity contribution in [2.24, 2.45) is 0 Å². The van der Waals surface area contributed by atoms with Crippen LogP contribution in [0.5, 0.6) is 0 Å². The molecule has 0 N–H and O–H groups in total. The minimum absolute atomic E-state index is 0.289. The third-order valence-corrected chi connectivity index (χ3v) is 2.31. The van der Waals surface area contributed by atoms with Crippen LogP contribution in [0.2, 0.25) is 0 Å². The first-order chi connectivity index (χ1) is 7.40. The van der Waals surface area contributed by atoms with Crippen LogP contribution in [-0.4, -0.2) is 41.4 Å². The van der Waals surface area contributed by atoms with Gasteiger partial charge in [0.05, 0.1) is 0 Å². The lowest BCUT2D eigenvalue weighted by Gasteiger charge is -2.27. The quantitative estimate of drug-likeness (QED) is 0.691. The van der Waals surface area contributed by atoms with E-state index in [1.54, 1.807) is 4.90 Å². The predicted octanol–water partition coefficient (Wildman–Crippen LogP) is 3.48. The Morgan fingerprint density at radius 1 is 1.12 bits per heavy atom. The summed E-state index contributed by atoms with van der Waals surface area (Å²) in [5.41, 5.74) is -0.461. The van der Waals surface area contributed by atoms with Gasteiger partial charge in [-0.3, -0.25) is 0 Å². The van der Waals surface area contributed by atoms with Crippen LogP contribution in [0.3, 0.4) is 0 Å². The summed E-state index contributed by atoms with van der Waals surface area (Å²) in [5.74, 6) is 1.08. The molecule has 0 fully saturated rings. The molecule has 0 aromatic heterocycles. The summed E-state index contributed by atoms with van der Waals surface area (Å²) in [7, 11) is 0. The third kappa shape index (κ3) is 8.05. The number of carbonyl (C=O) groups is 1. The van der Waals surface area contributed by atoms with E-state index >= 15 is 0 Å². The van der Waals surface area contributed by atoms with Crippen LogP contribution in [0.15, 0.2) is 0 Å². The number of ether oxygens (including phenoxy) is 1. The minimum atomic E-state index is -0.461. The summed E-state index contributed by atoms with van der Waals surface area (Å²) in [4.78, 5) is 13.5. The molecule has 3 nitrogen and oxygen atoms in total. The second kappa shape index (κ2) is 8.02. The number of amides is 1. The van der Waals surface area contributed by atoms with Gasteiger partial charge in [-0.25, -0.2) is 4.79 Å². The van der Waals surface area contributed by atoms with E-state index in [0.717, 1.165) is 12.8 Å². The molecular weight excluding hydrogens is 249 g/mol. The average molecular weight is 270 g/mol. The largest absolute Gasteiger partial charge is 0.444 e. The smallest absolute Gasteiger partial charge is 0.410 e. The molecule has 5 heteroatoms. The first kappa shape index (κ1) is 15.9. The van der Waals surface area contributed by atoms with Crippen LogP contribution < -0.4 is 0 Å². The lowest BCUT2D eigenvalue weighted by atomic mass is 10.2. The van der Waals surface area contributed by atoms with E-state index in [4.69, 9.17) is 27.9 Å². The van der Waals surface area contributed by atoms with Gasteiger partial charge in [0.25, 0.3) is 0 Å². The number of nitrogens with zero attached hydrogens (tertiary/aromatic N) is 1. The van der Waals surface area contributed by atoms with Gasteiger partial charge in [-0.15, -0.1) is 23.2 Å². The number of alkyl halides is 2. The summed E-state index contributed by atoms with van der Waals surface area (Å²) in [6.45, 7) is 6.80. The van der Waals surface area contributed by atoms with E-state index in [2.05, 4.69) is 0 Å². The molecule has 0 aliphatic rings. The van der Waals surface area contributed by atoms with Crippen molar-refractivity contribution in [2.45, 2.75) is 39.2 Å². The maximum atomic E-state index is 11.8. The molecule has 0 heterocycles. The first-order valence-corrected chi connectivity index (χ1v) is 6.57. The van der Waals surface area contributed by atoms with Gasteiger partial charge in [-0.2, -0.15) is 0 Å². The molecule has 0 unspecified atom stereocenters. The summed E-state index contributed by atoms with van der Waals surface area (Å²) >= 11 is 11.2. The van der Waals surface area contributed by atoms with E-state index in [1.165, 1.54) is 0 Å². The topological polar surface area (TPSA) is 29.5 Å². The molecule has 96 valence electrons. The standard InChI is InChI=1S/C11H21Cl2NO2/c1-11(2,3)16-10(15)14(8-4-6-12)9-5-7-13/h4-9H2,1-3H3. The van der Waals surface area contributed by atoms with Crippen molar-refractivity contribution in [3.8, 4) is 0 Å². The molecule has 0 bridgehead atoms. The SMILES string of the molecule is CC(C)(C)OC(=O)N(CCCCl)CCCCl. The maximum Gasteiger partial charge on any atom is 0.410 e. The van der Waals surface area contributed by atoms with Crippen LogP contribution in [-0.2, 0) is 4.74 Å². The molecule has 1 amide bonds. The van der Waals surface area contributed by atoms with Gasteiger partial charge >= 0.3 is 6.09 Å². The Morgan fingerprint density at radius 3 is 1.88 bits per heavy atom. The Morgan fingerprint density at radius 2 is 1.56 bits per heavy atom. The highest BCUT2D eigenvalue weighted by molar-refractivity contribution is 6.18. The normalized spacial score (nSPS) is 11.3. The van der Waals surface area contributed by atoms with Crippen molar-refractivity contribution in [1.29, 1.82) is 0 Å². The van der Waals surface area contributed by atoms with Gasteiger partial charge in [-0.05, 0) is 33.6 Å². The second-order valence-corrected chi connectivity index (χ2v) is 5.31. The Hall–Kier alpha value is -0.150. The zero-order valence-corrected chi connectivity index (χ0v) is 11.8. The van der Waals surface area contributed by atoms with Crippen LogP contribution >= 0.6 is 23.2 Å². The zero-order valence-electron chi connectivity index (χ0n) is 10.3. The van der Waals surface area contributed by atoms with Gasteiger partial charge in [0.1, 0.15) is 5.60 Å². The molecule has 16 heavy (non-hydrogen) atoms. The number of hydrogen-bond donors (Lipinski definition) is 0. The Labute approximate surface area is 108 Å². The summed E-state index contributed by atoms with van der Waals surface area (Å²) in [6, 6.07) is 0. The van der Waals surface area contributed by atoms with Crippen molar-refractivity contribution in [3.63, 3.8) is 0 Å². The molecule has 0 saturated heterocycles. The Kier molecular flexibility index (Phi) is 7.94. The lowest BCUT2D eigenvalue weighted by Crippen LogP contribution is -2.38. The maximum absolute atomic E-state index is 11.8. The monoisotopic (exact) mass is 269 g/mol. The highest BCUT2D eigenvalue weighted by atomic mass is 35.5. The fourth-order valence-electron chi connectivity index (χ4n) is 1.12.